The number of hydrogen-bond acceptors (Lipinski definition) is 3. The van der Waals surface area contributed by atoms with Gasteiger partial charge >= 0.3 is 0 Å². The molecule has 1 aliphatic heterocycles. The third-order valence-corrected chi connectivity index (χ3v) is 6.11. The summed E-state index contributed by atoms with van der Waals surface area (Å²) in [4.78, 5) is 39.2. The summed E-state index contributed by atoms with van der Waals surface area (Å²) in [5, 5.41) is 0. The summed E-state index contributed by atoms with van der Waals surface area (Å²) in [6.07, 6.45) is 8.39. The zero-order valence-electron chi connectivity index (χ0n) is 15.2. The second-order valence-corrected chi connectivity index (χ2v) is 7.67. The first-order chi connectivity index (χ1) is 13.6. The van der Waals surface area contributed by atoms with Gasteiger partial charge in [0.15, 0.2) is 5.78 Å². The zero-order valence-corrected chi connectivity index (χ0v) is 15.2. The van der Waals surface area contributed by atoms with Gasteiger partial charge in [0.1, 0.15) is 0 Å². The van der Waals surface area contributed by atoms with Gasteiger partial charge in [-0.2, -0.15) is 0 Å². The van der Waals surface area contributed by atoms with E-state index in [-0.39, 0.29) is 41.3 Å². The Kier molecular flexibility index (Phi) is 3.86. The van der Waals surface area contributed by atoms with Crippen molar-refractivity contribution < 1.29 is 14.4 Å². The first-order valence-electron chi connectivity index (χ1n) is 9.57. The molecule has 2 aliphatic carbocycles. The molecule has 1 saturated carbocycles. The molecule has 2 fully saturated rings. The van der Waals surface area contributed by atoms with Crippen LogP contribution in [-0.4, -0.2) is 17.6 Å². The fourth-order valence-corrected chi connectivity index (χ4v) is 4.76. The number of carbonyl (C=O) groups excluding carboxylic acids is 3. The van der Waals surface area contributed by atoms with Crippen molar-refractivity contribution in [2.24, 2.45) is 23.7 Å². The van der Waals surface area contributed by atoms with Gasteiger partial charge in [0.25, 0.3) is 0 Å². The normalized spacial score (nSPS) is 27.8. The average Bonchev–Trinajstić information content (AvgIpc) is 3.41. The summed E-state index contributed by atoms with van der Waals surface area (Å²) < 4.78 is 0. The number of benzene rings is 2. The van der Waals surface area contributed by atoms with Gasteiger partial charge in [-0.3, -0.25) is 19.3 Å². The highest BCUT2D eigenvalue weighted by Crippen LogP contribution is 2.53. The van der Waals surface area contributed by atoms with Crippen LogP contribution in [0.1, 0.15) is 22.3 Å². The number of fused-ring (bicyclic) bond motifs is 5. The predicted octanol–water partition coefficient (Wildman–Crippen LogP) is 3.89. The molecule has 0 spiro atoms. The van der Waals surface area contributed by atoms with Crippen molar-refractivity contribution in [2.45, 2.75) is 6.42 Å². The molecule has 2 amide bonds. The second kappa shape index (κ2) is 6.41. The number of carbonyl (C=O) groups is 3. The van der Waals surface area contributed by atoms with Crippen molar-refractivity contribution in [1.29, 1.82) is 0 Å². The van der Waals surface area contributed by atoms with Crippen LogP contribution < -0.4 is 4.90 Å². The van der Waals surface area contributed by atoms with Crippen molar-refractivity contribution in [2.75, 3.05) is 4.90 Å². The number of hydrogen-bond donors (Lipinski definition) is 0. The number of imide groups is 1. The van der Waals surface area contributed by atoms with E-state index in [2.05, 4.69) is 12.2 Å². The van der Waals surface area contributed by atoms with Gasteiger partial charge in [0.05, 0.1) is 17.5 Å². The number of amides is 2. The van der Waals surface area contributed by atoms with Crippen LogP contribution in [-0.2, 0) is 9.59 Å². The summed E-state index contributed by atoms with van der Waals surface area (Å²) in [7, 11) is 0. The number of anilines is 1. The van der Waals surface area contributed by atoms with Gasteiger partial charge < -0.3 is 0 Å². The molecule has 0 N–H and O–H groups in total. The molecule has 0 unspecified atom stereocenters. The topological polar surface area (TPSA) is 54.5 Å². The molecule has 5 rings (SSSR count). The Morgan fingerprint density at radius 2 is 1.46 bits per heavy atom. The lowest BCUT2D eigenvalue weighted by atomic mass is 9.85. The summed E-state index contributed by atoms with van der Waals surface area (Å²) in [5.41, 5.74) is 2.09. The summed E-state index contributed by atoms with van der Waals surface area (Å²) in [6, 6.07) is 16.3. The van der Waals surface area contributed by atoms with E-state index in [4.69, 9.17) is 0 Å². The van der Waals surface area contributed by atoms with Crippen molar-refractivity contribution in [3.05, 3.63) is 84.0 Å². The van der Waals surface area contributed by atoms with Gasteiger partial charge in [-0.1, -0.05) is 60.7 Å². The molecule has 0 radical (unpaired) electrons. The SMILES string of the molecule is O=C(/C=C/c1ccc(N2C(=O)[C@@H]3[C@@H](C2=O)[C@H]2C=C[C@@H]3C2)cc1)c1ccccc1. The fourth-order valence-electron chi connectivity index (χ4n) is 4.76. The maximum absolute atomic E-state index is 12.9. The molecule has 2 aromatic rings. The molecule has 1 saturated heterocycles. The first kappa shape index (κ1) is 16.9. The second-order valence-electron chi connectivity index (χ2n) is 7.67. The van der Waals surface area contributed by atoms with Crippen molar-refractivity contribution >= 4 is 29.4 Å². The molecule has 4 heteroatoms. The van der Waals surface area contributed by atoms with Crippen molar-refractivity contribution in [3.63, 3.8) is 0 Å². The molecule has 4 atom stereocenters. The molecule has 2 aromatic carbocycles. The fraction of sp³-hybridized carbons (Fsp3) is 0.208. The number of allylic oxidation sites excluding steroid dienone is 3. The lowest BCUT2D eigenvalue weighted by Gasteiger charge is -2.17. The highest BCUT2D eigenvalue weighted by atomic mass is 16.2. The Morgan fingerprint density at radius 3 is 2.07 bits per heavy atom. The molecule has 4 nitrogen and oxygen atoms in total. The summed E-state index contributed by atoms with van der Waals surface area (Å²) in [6.45, 7) is 0. The molecular weight excluding hydrogens is 350 g/mol. The van der Waals surface area contributed by atoms with Crippen LogP contribution in [0.3, 0.4) is 0 Å². The minimum atomic E-state index is -0.189. The predicted molar refractivity (Wildman–Crippen MR) is 106 cm³/mol. The smallest absolute Gasteiger partial charge is 0.238 e. The molecular formula is C24H19NO3. The Morgan fingerprint density at radius 1 is 0.857 bits per heavy atom. The maximum Gasteiger partial charge on any atom is 0.238 e. The third kappa shape index (κ3) is 2.56. The van der Waals surface area contributed by atoms with Gasteiger partial charge in [0.2, 0.25) is 11.8 Å². The highest BCUT2D eigenvalue weighted by molar-refractivity contribution is 6.22. The van der Waals surface area contributed by atoms with E-state index in [1.165, 1.54) is 11.0 Å². The number of nitrogens with zero attached hydrogens (tertiary/aromatic N) is 1. The molecule has 3 aliphatic rings. The Labute approximate surface area is 163 Å². The van der Waals surface area contributed by atoms with E-state index in [9.17, 15) is 14.4 Å². The van der Waals surface area contributed by atoms with E-state index in [1.54, 1.807) is 30.3 Å². The highest BCUT2D eigenvalue weighted by Gasteiger charge is 2.59. The molecule has 0 aromatic heterocycles. The van der Waals surface area contributed by atoms with Crippen LogP contribution in [0.15, 0.2) is 72.8 Å². The Bertz CT molecular complexity index is 990. The van der Waals surface area contributed by atoms with Crippen LogP contribution >= 0.6 is 0 Å². The summed E-state index contributed by atoms with van der Waals surface area (Å²) in [5.74, 6) is -0.171. The van der Waals surface area contributed by atoms with Crippen LogP contribution in [0.5, 0.6) is 0 Å². The monoisotopic (exact) mass is 369 g/mol. The van der Waals surface area contributed by atoms with E-state index in [0.717, 1.165) is 12.0 Å². The third-order valence-electron chi connectivity index (χ3n) is 6.11. The van der Waals surface area contributed by atoms with E-state index >= 15 is 0 Å². The number of ketones is 1. The van der Waals surface area contributed by atoms with Crippen molar-refractivity contribution in [1.82, 2.24) is 0 Å². The minimum absolute atomic E-state index is 0.0645. The summed E-state index contributed by atoms with van der Waals surface area (Å²) >= 11 is 0. The number of rotatable bonds is 4. The van der Waals surface area contributed by atoms with E-state index in [1.807, 2.05) is 30.3 Å². The zero-order chi connectivity index (χ0) is 19.3. The average molecular weight is 369 g/mol. The van der Waals surface area contributed by atoms with Crippen molar-refractivity contribution in [3.8, 4) is 0 Å². The Balaban J connectivity index is 1.33. The van der Waals surface area contributed by atoms with Crippen LogP contribution in [0.25, 0.3) is 6.08 Å². The van der Waals surface area contributed by atoms with Crippen LogP contribution in [0, 0.1) is 23.7 Å². The van der Waals surface area contributed by atoms with Crippen LogP contribution in [0.2, 0.25) is 0 Å². The molecule has 1 heterocycles. The molecule has 28 heavy (non-hydrogen) atoms. The van der Waals surface area contributed by atoms with E-state index < -0.39 is 0 Å². The van der Waals surface area contributed by atoms with Crippen LogP contribution in [0.4, 0.5) is 5.69 Å². The van der Waals surface area contributed by atoms with Gasteiger partial charge in [-0.05, 0) is 42.0 Å². The largest absolute Gasteiger partial charge is 0.289 e. The van der Waals surface area contributed by atoms with Gasteiger partial charge in [0, 0.05) is 5.56 Å². The first-order valence-corrected chi connectivity index (χ1v) is 9.57. The quantitative estimate of drug-likeness (QED) is 0.356. The molecule has 138 valence electrons. The standard InChI is InChI=1S/C24H19NO3/c26-20(16-4-2-1-3-5-16)13-8-15-6-11-19(12-7-15)25-23(27)21-17-9-10-18(14-17)22(21)24(25)28/h1-13,17-18,21-22H,14H2/b13-8+/t17-,18+,21-,22-/m0/s1. The van der Waals surface area contributed by atoms with E-state index in [0.29, 0.717) is 11.3 Å². The molecule has 2 bridgehead atoms. The van der Waals surface area contributed by atoms with Gasteiger partial charge in [-0.25, -0.2) is 0 Å². The lowest BCUT2D eigenvalue weighted by molar-refractivity contribution is -0.123. The maximum atomic E-state index is 12.9. The minimum Gasteiger partial charge on any atom is -0.289 e. The van der Waals surface area contributed by atoms with Gasteiger partial charge in [-0.15, -0.1) is 0 Å². The Hall–Kier alpha value is -3.27. The lowest BCUT2D eigenvalue weighted by Crippen LogP contribution is -2.32.